The molecule has 0 aliphatic heterocycles. The van der Waals surface area contributed by atoms with Crippen LogP contribution in [0.15, 0.2) is 36.7 Å². The number of halogens is 1. The Morgan fingerprint density at radius 2 is 2.05 bits per heavy atom. The van der Waals surface area contributed by atoms with E-state index in [9.17, 15) is 4.79 Å². The number of benzene rings is 1. The molecule has 0 spiro atoms. The molecule has 0 saturated carbocycles. The SMILES string of the molecule is CCOc1cncc(-c2cc(Cl)cc(C(=O)O)c2)c1. The van der Waals surface area contributed by atoms with Crippen LogP contribution in [0.25, 0.3) is 11.1 Å². The summed E-state index contributed by atoms with van der Waals surface area (Å²) in [5, 5.41) is 9.39. The summed E-state index contributed by atoms with van der Waals surface area (Å²) >= 11 is 5.93. The van der Waals surface area contributed by atoms with E-state index in [2.05, 4.69) is 4.98 Å². The number of carboxylic acids is 1. The summed E-state index contributed by atoms with van der Waals surface area (Å²) in [6.07, 6.45) is 3.25. The Morgan fingerprint density at radius 1 is 1.26 bits per heavy atom. The molecule has 0 atom stereocenters. The molecule has 0 fully saturated rings. The lowest BCUT2D eigenvalue weighted by Crippen LogP contribution is -1.97. The molecule has 0 aliphatic rings. The number of hydrogen-bond acceptors (Lipinski definition) is 3. The van der Waals surface area contributed by atoms with Gasteiger partial charge in [0.05, 0.1) is 18.4 Å². The van der Waals surface area contributed by atoms with Crippen molar-refractivity contribution in [3.8, 4) is 16.9 Å². The highest BCUT2D eigenvalue weighted by Gasteiger charge is 2.08. The number of carbonyl (C=O) groups is 1. The summed E-state index contributed by atoms with van der Waals surface area (Å²) in [6.45, 7) is 2.43. The van der Waals surface area contributed by atoms with Gasteiger partial charge in [0.25, 0.3) is 0 Å². The Balaban J connectivity index is 2.46. The highest BCUT2D eigenvalue weighted by Crippen LogP contribution is 2.26. The van der Waals surface area contributed by atoms with Gasteiger partial charge in [-0.25, -0.2) is 4.79 Å². The van der Waals surface area contributed by atoms with E-state index in [4.69, 9.17) is 21.4 Å². The minimum Gasteiger partial charge on any atom is -0.492 e. The fraction of sp³-hybridized carbons (Fsp3) is 0.143. The Morgan fingerprint density at radius 3 is 2.74 bits per heavy atom. The van der Waals surface area contributed by atoms with Gasteiger partial charge in [0.15, 0.2) is 0 Å². The zero-order valence-corrected chi connectivity index (χ0v) is 11.0. The minimum absolute atomic E-state index is 0.143. The van der Waals surface area contributed by atoms with Crippen molar-refractivity contribution in [1.29, 1.82) is 0 Å². The third kappa shape index (κ3) is 3.23. The van der Waals surface area contributed by atoms with Gasteiger partial charge >= 0.3 is 5.97 Å². The van der Waals surface area contributed by atoms with E-state index < -0.39 is 5.97 Å². The van der Waals surface area contributed by atoms with Crippen LogP contribution in [0.5, 0.6) is 5.75 Å². The number of carboxylic acid groups (broad SMARTS) is 1. The molecule has 1 N–H and O–H groups in total. The maximum Gasteiger partial charge on any atom is 0.335 e. The van der Waals surface area contributed by atoms with Crippen molar-refractivity contribution >= 4 is 17.6 Å². The van der Waals surface area contributed by atoms with Crippen molar-refractivity contribution in [2.75, 3.05) is 6.61 Å². The second-order valence-electron chi connectivity index (χ2n) is 3.88. The zero-order valence-electron chi connectivity index (χ0n) is 10.3. The average molecular weight is 278 g/mol. The standard InChI is InChI=1S/C14H12ClNO3/c1-2-19-13-6-11(7-16-8-13)9-3-10(14(17)18)5-12(15)4-9/h3-8H,2H2,1H3,(H,17,18). The molecule has 4 nitrogen and oxygen atoms in total. The van der Waals surface area contributed by atoms with Crippen molar-refractivity contribution in [1.82, 2.24) is 4.98 Å². The predicted octanol–water partition coefficient (Wildman–Crippen LogP) is 3.50. The van der Waals surface area contributed by atoms with Crippen molar-refractivity contribution in [3.05, 3.63) is 47.2 Å². The van der Waals surface area contributed by atoms with Crippen LogP contribution in [0.2, 0.25) is 5.02 Å². The van der Waals surface area contributed by atoms with E-state index in [0.717, 1.165) is 5.56 Å². The summed E-state index contributed by atoms with van der Waals surface area (Å²) in [4.78, 5) is 15.1. The Bertz CT molecular complexity index is 613. The topological polar surface area (TPSA) is 59.4 Å². The van der Waals surface area contributed by atoms with Crippen LogP contribution in [-0.4, -0.2) is 22.7 Å². The molecule has 2 rings (SSSR count). The number of aromatic carboxylic acids is 1. The van der Waals surface area contributed by atoms with E-state index in [1.807, 2.05) is 6.92 Å². The number of hydrogen-bond donors (Lipinski definition) is 1. The maximum atomic E-state index is 11.0. The van der Waals surface area contributed by atoms with Crippen LogP contribution in [-0.2, 0) is 0 Å². The van der Waals surface area contributed by atoms with Gasteiger partial charge in [-0.3, -0.25) is 4.98 Å². The van der Waals surface area contributed by atoms with Crippen molar-refractivity contribution in [2.45, 2.75) is 6.92 Å². The molecule has 0 radical (unpaired) electrons. The third-order valence-corrected chi connectivity index (χ3v) is 2.72. The first-order valence-electron chi connectivity index (χ1n) is 5.72. The third-order valence-electron chi connectivity index (χ3n) is 2.50. The van der Waals surface area contributed by atoms with Gasteiger partial charge in [0.2, 0.25) is 0 Å². The fourth-order valence-corrected chi connectivity index (χ4v) is 1.94. The zero-order chi connectivity index (χ0) is 13.8. The first-order chi connectivity index (χ1) is 9.10. The smallest absolute Gasteiger partial charge is 0.335 e. The van der Waals surface area contributed by atoms with Crippen LogP contribution in [0.1, 0.15) is 17.3 Å². The fourth-order valence-electron chi connectivity index (χ4n) is 1.70. The summed E-state index contributed by atoms with van der Waals surface area (Å²) < 4.78 is 5.36. The van der Waals surface area contributed by atoms with Gasteiger partial charge in [0.1, 0.15) is 5.75 Å². The Labute approximate surface area is 115 Å². The summed E-state index contributed by atoms with van der Waals surface area (Å²) in [7, 11) is 0. The van der Waals surface area contributed by atoms with Gasteiger partial charge in [-0.05, 0) is 36.8 Å². The van der Waals surface area contributed by atoms with E-state index in [-0.39, 0.29) is 5.56 Å². The molecule has 1 heterocycles. The highest BCUT2D eigenvalue weighted by atomic mass is 35.5. The number of aromatic nitrogens is 1. The monoisotopic (exact) mass is 277 g/mol. The number of pyridine rings is 1. The number of rotatable bonds is 4. The summed E-state index contributed by atoms with van der Waals surface area (Å²) in [5.41, 5.74) is 1.60. The van der Waals surface area contributed by atoms with Crippen LogP contribution in [0, 0.1) is 0 Å². The van der Waals surface area contributed by atoms with Gasteiger partial charge in [0, 0.05) is 16.8 Å². The molecule has 0 unspecified atom stereocenters. The molecule has 1 aromatic carbocycles. The second-order valence-corrected chi connectivity index (χ2v) is 4.31. The van der Waals surface area contributed by atoms with E-state index >= 15 is 0 Å². The quantitative estimate of drug-likeness (QED) is 0.929. The lowest BCUT2D eigenvalue weighted by molar-refractivity contribution is 0.0697. The molecular formula is C14H12ClNO3. The van der Waals surface area contributed by atoms with Crippen LogP contribution in [0.4, 0.5) is 0 Å². The van der Waals surface area contributed by atoms with Crippen molar-refractivity contribution in [2.24, 2.45) is 0 Å². The first-order valence-corrected chi connectivity index (χ1v) is 6.10. The first kappa shape index (κ1) is 13.4. The molecule has 0 amide bonds. The number of ether oxygens (including phenoxy) is 1. The van der Waals surface area contributed by atoms with E-state index in [1.54, 1.807) is 30.6 Å². The minimum atomic E-state index is -1.02. The summed E-state index contributed by atoms with van der Waals surface area (Å²) in [5.74, 6) is -0.380. The van der Waals surface area contributed by atoms with E-state index in [1.165, 1.54) is 6.07 Å². The van der Waals surface area contributed by atoms with Gasteiger partial charge in [-0.15, -0.1) is 0 Å². The molecule has 0 bridgehead atoms. The molecule has 5 heteroatoms. The molecule has 1 aromatic heterocycles. The lowest BCUT2D eigenvalue weighted by atomic mass is 10.0. The Kier molecular flexibility index (Phi) is 4.02. The molecule has 19 heavy (non-hydrogen) atoms. The normalized spacial score (nSPS) is 10.2. The van der Waals surface area contributed by atoms with Gasteiger partial charge < -0.3 is 9.84 Å². The molecule has 2 aromatic rings. The van der Waals surface area contributed by atoms with Crippen LogP contribution < -0.4 is 4.74 Å². The number of nitrogens with zero attached hydrogens (tertiary/aromatic N) is 1. The average Bonchev–Trinajstić information content (AvgIpc) is 2.38. The molecule has 98 valence electrons. The molecule has 0 saturated heterocycles. The predicted molar refractivity (Wildman–Crippen MR) is 72.8 cm³/mol. The Hall–Kier alpha value is -2.07. The van der Waals surface area contributed by atoms with Crippen molar-refractivity contribution < 1.29 is 14.6 Å². The van der Waals surface area contributed by atoms with Gasteiger partial charge in [-0.2, -0.15) is 0 Å². The highest BCUT2D eigenvalue weighted by molar-refractivity contribution is 6.31. The lowest BCUT2D eigenvalue weighted by Gasteiger charge is -2.07. The second kappa shape index (κ2) is 5.71. The molecular weight excluding hydrogens is 266 g/mol. The summed E-state index contributed by atoms with van der Waals surface area (Å²) in [6, 6.07) is 6.46. The van der Waals surface area contributed by atoms with Crippen LogP contribution in [0.3, 0.4) is 0 Å². The van der Waals surface area contributed by atoms with Crippen molar-refractivity contribution in [3.63, 3.8) is 0 Å². The van der Waals surface area contributed by atoms with Crippen LogP contribution >= 0.6 is 11.6 Å². The van der Waals surface area contributed by atoms with E-state index in [0.29, 0.717) is 22.9 Å². The molecule has 0 aliphatic carbocycles. The maximum absolute atomic E-state index is 11.0. The van der Waals surface area contributed by atoms with Gasteiger partial charge in [-0.1, -0.05) is 11.6 Å². The largest absolute Gasteiger partial charge is 0.492 e.